The summed E-state index contributed by atoms with van der Waals surface area (Å²) in [5.74, 6) is -1.51. The third-order valence-electron chi connectivity index (χ3n) is 3.83. The normalized spacial score (nSPS) is 12.0. The molecular weight excluding hydrogens is 333 g/mol. The summed E-state index contributed by atoms with van der Waals surface area (Å²) in [5, 5.41) is 3.74. The van der Waals surface area contributed by atoms with Crippen LogP contribution in [-0.2, 0) is 6.18 Å². The maximum atomic E-state index is 12.7. The number of carbonyl (C=O) groups is 1. The summed E-state index contributed by atoms with van der Waals surface area (Å²) in [4.78, 5) is 21.1. The number of nitrogens with one attached hydrogen (secondary N) is 3. The molecule has 2 aromatic carbocycles. The number of imidazole rings is 1. The first kappa shape index (κ1) is 15.3. The minimum Gasteiger partial charge on any atom is -0.361 e. The number of carbonyl (C=O) groups excluding carboxylic acids is 1. The predicted molar refractivity (Wildman–Crippen MR) is 87.3 cm³/mol. The molecule has 0 bridgehead atoms. The zero-order valence-corrected chi connectivity index (χ0v) is 12.6. The van der Waals surface area contributed by atoms with Crippen LogP contribution >= 0.6 is 0 Å². The molecule has 0 unspecified atom stereocenters. The summed E-state index contributed by atoms with van der Waals surface area (Å²) in [7, 11) is 0. The van der Waals surface area contributed by atoms with Crippen molar-refractivity contribution >= 4 is 33.5 Å². The number of halogens is 3. The number of benzene rings is 2. The van der Waals surface area contributed by atoms with Gasteiger partial charge < -0.3 is 15.3 Å². The van der Waals surface area contributed by atoms with Crippen molar-refractivity contribution in [3.8, 4) is 0 Å². The maximum Gasteiger partial charge on any atom is 0.449 e. The number of anilines is 1. The summed E-state index contributed by atoms with van der Waals surface area (Å²) < 4.78 is 38.1. The molecule has 126 valence electrons. The van der Waals surface area contributed by atoms with E-state index < -0.39 is 17.9 Å². The van der Waals surface area contributed by atoms with Crippen molar-refractivity contribution in [2.24, 2.45) is 0 Å². The van der Waals surface area contributed by atoms with Crippen LogP contribution in [-0.4, -0.2) is 20.9 Å². The van der Waals surface area contributed by atoms with Crippen molar-refractivity contribution in [3.05, 3.63) is 60.0 Å². The van der Waals surface area contributed by atoms with Crippen molar-refractivity contribution in [1.29, 1.82) is 0 Å². The van der Waals surface area contributed by atoms with Crippen LogP contribution < -0.4 is 5.32 Å². The Labute approximate surface area is 138 Å². The van der Waals surface area contributed by atoms with Crippen LogP contribution in [0, 0.1) is 0 Å². The third kappa shape index (κ3) is 2.82. The smallest absolute Gasteiger partial charge is 0.361 e. The number of hydrogen-bond donors (Lipinski definition) is 3. The second-order valence-electron chi connectivity index (χ2n) is 5.55. The van der Waals surface area contributed by atoms with E-state index in [2.05, 4.69) is 20.3 Å². The Morgan fingerprint density at radius 3 is 2.68 bits per heavy atom. The number of amides is 1. The van der Waals surface area contributed by atoms with Crippen molar-refractivity contribution in [1.82, 2.24) is 15.0 Å². The first-order chi connectivity index (χ1) is 11.9. The minimum absolute atomic E-state index is 0.150. The van der Waals surface area contributed by atoms with Crippen LogP contribution in [0.15, 0.2) is 48.7 Å². The van der Waals surface area contributed by atoms with Crippen LogP contribution in [0.2, 0.25) is 0 Å². The molecule has 4 rings (SSSR count). The number of alkyl halides is 3. The molecule has 0 atom stereocenters. The average Bonchev–Trinajstić information content (AvgIpc) is 3.19. The van der Waals surface area contributed by atoms with Gasteiger partial charge in [-0.3, -0.25) is 4.79 Å². The highest BCUT2D eigenvalue weighted by molar-refractivity contribution is 6.06. The van der Waals surface area contributed by atoms with Gasteiger partial charge in [-0.1, -0.05) is 6.07 Å². The molecule has 0 radical (unpaired) electrons. The van der Waals surface area contributed by atoms with Gasteiger partial charge in [-0.25, -0.2) is 4.98 Å². The minimum atomic E-state index is -4.56. The number of H-pyrrole nitrogens is 2. The largest absolute Gasteiger partial charge is 0.449 e. The molecule has 0 fully saturated rings. The fourth-order valence-corrected chi connectivity index (χ4v) is 2.61. The third-order valence-corrected chi connectivity index (χ3v) is 3.83. The molecule has 8 heteroatoms. The standard InChI is InChI=1S/C17H11F3N4O/c18-17(19,20)16-23-12-4-2-10(7-14(12)24-16)15(25)22-11-3-1-9-5-6-21-13(9)8-11/h1-8,21H,(H,22,25)(H,23,24). The van der Waals surface area contributed by atoms with Crippen molar-refractivity contribution < 1.29 is 18.0 Å². The van der Waals surface area contributed by atoms with Crippen LogP contribution in [0.4, 0.5) is 18.9 Å². The summed E-state index contributed by atoms with van der Waals surface area (Å²) in [6.45, 7) is 0. The Morgan fingerprint density at radius 2 is 1.88 bits per heavy atom. The van der Waals surface area contributed by atoms with E-state index in [0.717, 1.165) is 10.9 Å². The van der Waals surface area contributed by atoms with E-state index in [1.54, 1.807) is 18.3 Å². The van der Waals surface area contributed by atoms with Crippen LogP contribution in [0.1, 0.15) is 16.2 Å². The second kappa shape index (κ2) is 5.37. The van der Waals surface area contributed by atoms with Gasteiger partial charge in [-0.2, -0.15) is 13.2 Å². The number of aromatic amines is 2. The first-order valence-corrected chi connectivity index (χ1v) is 7.36. The molecule has 4 aromatic rings. The van der Waals surface area contributed by atoms with Crippen molar-refractivity contribution in [2.75, 3.05) is 5.32 Å². The molecule has 0 aliphatic heterocycles. The van der Waals surface area contributed by atoms with E-state index in [1.807, 2.05) is 12.1 Å². The average molecular weight is 344 g/mol. The molecule has 2 heterocycles. The van der Waals surface area contributed by atoms with Crippen LogP contribution in [0.5, 0.6) is 0 Å². The van der Waals surface area contributed by atoms with E-state index in [4.69, 9.17) is 0 Å². The van der Waals surface area contributed by atoms with E-state index in [-0.39, 0.29) is 16.6 Å². The maximum absolute atomic E-state index is 12.7. The molecule has 0 spiro atoms. The fraction of sp³-hybridized carbons (Fsp3) is 0.0588. The number of fused-ring (bicyclic) bond motifs is 2. The lowest BCUT2D eigenvalue weighted by Crippen LogP contribution is -2.11. The molecular formula is C17H11F3N4O. The van der Waals surface area contributed by atoms with Gasteiger partial charge in [0.05, 0.1) is 11.0 Å². The molecule has 2 aromatic heterocycles. The SMILES string of the molecule is O=C(Nc1ccc2cc[nH]c2c1)c1ccc2nc(C(F)(F)F)[nH]c2c1. The van der Waals surface area contributed by atoms with Gasteiger partial charge in [0, 0.05) is 23.0 Å². The Hall–Kier alpha value is -3.29. The highest BCUT2D eigenvalue weighted by Gasteiger charge is 2.34. The van der Waals surface area contributed by atoms with Gasteiger partial charge in [0.15, 0.2) is 0 Å². The summed E-state index contributed by atoms with van der Waals surface area (Å²) >= 11 is 0. The molecule has 0 saturated heterocycles. The Bertz CT molecular complexity index is 1090. The highest BCUT2D eigenvalue weighted by Crippen LogP contribution is 2.28. The van der Waals surface area contributed by atoms with Crippen LogP contribution in [0.3, 0.4) is 0 Å². The first-order valence-electron chi connectivity index (χ1n) is 7.36. The lowest BCUT2D eigenvalue weighted by atomic mass is 10.1. The van der Waals surface area contributed by atoms with E-state index in [0.29, 0.717) is 5.69 Å². The summed E-state index contributed by atoms with van der Waals surface area (Å²) in [6.07, 6.45) is -2.77. The molecule has 0 saturated carbocycles. The lowest BCUT2D eigenvalue weighted by molar-refractivity contribution is -0.144. The van der Waals surface area contributed by atoms with Crippen LogP contribution in [0.25, 0.3) is 21.9 Å². The topological polar surface area (TPSA) is 73.6 Å². The number of hydrogen-bond acceptors (Lipinski definition) is 2. The fourth-order valence-electron chi connectivity index (χ4n) is 2.61. The van der Waals surface area contributed by atoms with Gasteiger partial charge in [-0.05, 0) is 41.8 Å². The molecule has 25 heavy (non-hydrogen) atoms. The highest BCUT2D eigenvalue weighted by atomic mass is 19.4. The number of rotatable bonds is 2. The van der Waals surface area contributed by atoms with Crippen molar-refractivity contribution in [3.63, 3.8) is 0 Å². The lowest BCUT2D eigenvalue weighted by Gasteiger charge is -2.05. The molecule has 0 aliphatic carbocycles. The molecule has 5 nitrogen and oxygen atoms in total. The number of nitrogens with zero attached hydrogens (tertiary/aromatic N) is 1. The van der Waals surface area contributed by atoms with E-state index >= 15 is 0 Å². The Kier molecular flexibility index (Phi) is 3.28. The number of aromatic nitrogens is 3. The van der Waals surface area contributed by atoms with Gasteiger partial charge in [0.2, 0.25) is 5.82 Å². The predicted octanol–water partition coefficient (Wildman–Crippen LogP) is 4.32. The van der Waals surface area contributed by atoms with Crippen molar-refractivity contribution in [2.45, 2.75) is 6.18 Å². The van der Waals surface area contributed by atoms with Gasteiger partial charge in [0.25, 0.3) is 5.91 Å². The van der Waals surface area contributed by atoms with Gasteiger partial charge >= 0.3 is 6.18 Å². The second-order valence-corrected chi connectivity index (χ2v) is 5.55. The Morgan fingerprint density at radius 1 is 1.04 bits per heavy atom. The molecule has 3 N–H and O–H groups in total. The summed E-state index contributed by atoms with van der Waals surface area (Å²) in [5.41, 5.74) is 1.99. The van der Waals surface area contributed by atoms with Gasteiger partial charge in [0.1, 0.15) is 0 Å². The zero-order valence-electron chi connectivity index (χ0n) is 12.6. The Balaban J connectivity index is 1.62. The summed E-state index contributed by atoms with van der Waals surface area (Å²) in [6, 6.07) is 11.5. The van der Waals surface area contributed by atoms with Gasteiger partial charge in [-0.15, -0.1) is 0 Å². The monoisotopic (exact) mass is 344 g/mol. The molecule has 1 amide bonds. The van der Waals surface area contributed by atoms with E-state index in [1.165, 1.54) is 18.2 Å². The molecule has 0 aliphatic rings. The quantitative estimate of drug-likeness (QED) is 0.507. The van der Waals surface area contributed by atoms with E-state index in [9.17, 15) is 18.0 Å². The zero-order chi connectivity index (χ0) is 17.6.